The van der Waals surface area contributed by atoms with Crippen LogP contribution in [0.2, 0.25) is 0 Å². The molecule has 0 fully saturated rings. The van der Waals surface area contributed by atoms with Gasteiger partial charge >= 0.3 is 6.03 Å². The number of carbonyl (C=O) groups is 1. The Hall–Kier alpha value is -1.95. The molecule has 0 saturated carbocycles. The Bertz CT molecular complexity index is 555. The fraction of sp³-hybridized carbons (Fsp3) is 0.588. The maximum atomic E-state index is 11.8. The lowest BCUT2D eigenvalue weighted by Gasteiger charge is -2.14. The largest absolute Gasteiger partial charge is 0.493 e. The summed E-state index contributed by atoms with van der Waals surface area (Å²) < 4.78 is 11.5. The number of hydrogen-bond acceptors (Lipinski definition) is 4. The first-order chi connectivity index (χ1) is 11.1. The van der Waals surface area contributed by atoms with Crippen molar-refractivity contribution in [2.24, 2.45) is 0 Å². The van der Waals surface area contributed by atoms with Crippen LogP contribution in [-0.4, -0.2) is 57.9 Å². The second-order valence-corrected chi connectivity index (χ2v) is 6.25. The quantitative estimate of drug-likeness (QED) is 0.820. The number of carbonyl (C=O) groups excluding carboxylic acids is 1. The number of amides is 2. The number of rotatable bonds is 6. The molecule has 0 atom stereocenters. The van der Waals surface area contributed by atoms with Gasteiger partial charge in [0.15, 0.2) is 0 Å². The van der Waals surface area contributed by atoms with E-state index in [0.29, 0.717) is 13.1 Å². The maximum absolute atomic E-state index is 11.8. The second-order valence-electron chi connectivity index (χ2n) is 6.25. The van der Waals surface area contributed by atoms with Gasteiger partial charge in [-0.3, -0.25) is 0 Å². The van der Waals surface area contributed by atoms with Gasteiger partial charge in [0.05, 0.1) is 13.2 Å². The summed E-state index contributed by atoms with van der Waals surface area (Å²) in [6.07, 6.45) is 2.64. The zero-order chi connectivity index (χ0) is 16.2. The molecule has 2 N–H and O–H groups in total. The van der Waals surface area contributed by atoms with Crippen LogP contribution in [0.5, 0.6) is 11.5 Å². The van der Waals surface area contributed by atoms with Gasteiger partial charge in [0, 0.05) is 49.2 Å². The topological polar surface area (TPSA) is 62.8 Å². The Morgan fingerprint density at radius 1 is 1.17 bits per heavy atom. The SMILES string of the molecule is CN(C)CCNC(=O)NCCc1c2c(cc3c1OCC3)OCC2. The van der Waals surface area contributed by atoms with Crippen molar-refractivity contribution in [1.82, 2.24) is 15.5 Å². The molecule has 1 aromatic rings. The van der Waals surface area contributed by atoms with Crippen molar-refractivity contribution in [3.63, 3.8) is 0 Å². The van der Waals surface area contributed by atoms with Crippen molar-refractivity contribution in [1.29, 1.82) is 0 Å². The molecule has 0 unspecified atom stereocenters. The molecule has 1 aromatic carbocycles. The zero-order valence-corrected chi connectivity index (χ0v) is 13.9. The number of benzene rings is 1. The van der Waals surface area contributed by atoms with Gasteiger partial charge in [-0.25, -0.2) is 4.79 Å². The Morgan fingerprint density at radius 3 is 2.78 bits per heavy atom. The van der Waals surface area contributed by atoms with E-state index in [1.807, 2.05) is 19.0 Å². The highest BCUT2D eigenvalue weighted by atomic mass is 16.5. The third-order valence-electron chi connectivity index (χ3n) is 4.27. The Labute approximate surface area is 137 Å². The normalized spacial score (nSPS) is 14.9. The first-order valence-electron chi connectivity index (χ1n) is 8.25. The smallest absolute Gasteiger partial charge is 0.314 e. The number of hydrogen-bond donors (Lipinski definition) is 2. The molecule has 2 aliphatic heterocycles. The summed E-state index contributed by atoms with van der Waals surface area (Å²) in [6, 6.07) is 2.00. The zero-order valence-electron chi connectivity index (χ0n) is 13.9. The minimum Gasteiger partial charge on any atom is -0.493 e. The van der Waals surface area contributed by atoms with Crippen LogP contribution < -0.4 is 20.1 Å². The third-order valence-corrected chi connectivity index (χ3v) is 4.27. The number of nitrogens with zero attached hydrogens (tertiary/aromatic N) is 1. The summed E-state index contributed by atoms with van der Waals surface area (Å²) in [5.41, 5.74) is 3.69. The van der Waals surface area contributed by atoms with E-state index in [0.717, 1.165) is 50.5 Å². The molecule has 2 aliphatic rings. The van der Waals surface area contributed by atoms with E-state index in [4.69, 9.17) is 9.47 Å². The van der Waals surface area contributed by atoms with E-state index in [2.05, 4.69) is 16.7 Å². The lowest BCUT2D eigenvalue weighted by atomic mass is 9.97. The average molecular weight is 319 g/mol. The van der Waals surface area contributed by atoms with Crippen LogP contribution in [0.4, 0.5) is 4.79 Å². The van der Waals surface area contributed by atoms with Crippen molar-refractivity contribution < 1.29 is 14.3 Å². The molecule has 0 bridgehead atoms. The van der Waals surface area contributed by atoms with Gasteiger partial charge in [-0.05, 0) is 26.6 Å². The first kappa shape index (κ1) is 15.9. The Balaban J connectivity index is 1.56. The summed E-state index contributed by atoms with van der Waals surface area (Å²) in [4.78, 5) is 13.8. The molecule has 6 nitrogen and oxygen atoms in total. The molecule has 0 saturated heterocycles. The van der Waals surface area contributed by atoms with E-state index >= 15 is 0 Å². The van der Waals surface area contributed by atoms with Crippen LogP contribution >= 0.6 is 0 Å². The maximum Gasteiger partial charge on any atom is 0.314 e. The molecule has 0 spiro atoms. The van der Waals surface area contributed by atoms with Crippen molar-refractivity contribution in [2.45, 2.75) is 19.3 Å². The third kappa shape index (κ3) is 3.69. The number of ether oxygens (including phenoxy) is 2. The molecule has 0 aliphatic carbocycles. The molecular formula is C17H25N3O3. The van der Waals surface area contributed by atoms with Crippen molar-refractivity contribution in [3.05, 3.63) is 22.8 Å². The highest BCUT2D eigenvalue weighted by Gasteiger charge is 2.26. The molecule has 126 valence electrons. The molecule has 23 heavy (non-hydrogen) atoms. The van der Waals surface area contributed by atoms with Gasteiger partial charge in [0.1, 0.15) is 11.5 Å². The number of nitrogens with one attached hydrogen (secondary N) is 2. The second kappa shape index (κ2) is 7.08. The van der Waals surface area contributed by atoms with Crippen molar-refractivity contribution in [3.8, 4) is 11.5 Å². The van der Waals surface area contributed by atoms with Crippen LogP contribution in [0.1, 0.15) is 16.7 Å². The summed E-state index contributed by atoms with van der Waals surface area (Å²) in [5.74, 6) is 2.02. The van der Waals surface area contributed by atoms with Gasteiger partial charge in [0.2, 0.25) is 0 Å². The fourth-order valence-electron chi connectivity index (χ4n) is 3.11. The van der Waals surface area contributed by atoms with Crippen LogP contribution in [0.25, 0.3) is 0 Å². The van der Waals surface area contributed by atoms with Crippen molar-refractivity contribution in [2.75, 3.05) is 46.9 Å². The molecule has 2 amide bonds. The highest BCUT2D eigenvalue weighted by molar-refractivity contribution is 5.73. The van der Waals surface area contributed by atoms with Gasteiger partial charge in [-0.2, -0.15) is 0 Å². The van der Waals surface area contributed by atoms with E-state index in [1.165, 1.54) is 16.7 Å². The number of likely N-dealkylation sites (N-methyl/N-ethyl adjacent to an activating group) is 1. The van der Waals surface area contributed by atoms with Gasteiger partial charge in [-0.1, -0.05) is 0 Å². The standard InChI is InChI=1S/C17H25N3O3/c1-20(2)8-7-19-17(21)18-6-3-14-13-5-10-22-15(13)11-12-4-9-23-16(12)14/h11H,3-10H2,1-2H3,(H2,18,19,21). The lowest BCUT2D eigenvalue weighted by molar-refractivity contribution is 0.239. The Kier molecular flexibility index (Phi) is 4.91. The summed E-state index contributed by atoms with van der Waals surface area (Å²) >= 11 is 0. The molecule has 2 heterocycles. The monoisotopic (exact) mass is 319 g/mol. The van der Waals surface area contributed by atoms with E-state index in [9.17, 15) is 4.79 Å². The molecular weight excluding hydrogens is 294 g/mol. The van der Waals surface area contributed by atoms with Crippen LogP contribution in [0.3, 0.4) is 0 Å². The fourth-order valence-corrected chi connectivity index (χ4v) is 3.11. The van der Waals surface area contributed by atoms with Gasteiger partial charge < -0.3 is 25.0 Å². The Morgan fingerprint density at radius 2 is 1.96 bits per heavy atom. The number of urea groups is 1. The number of fused-ring (bicyclic) bond motifs is 2. The van der Waals surface area contributed by atoms with E-state index < -0.39 is 0 Å². The van der Waals surface area contributed by atoms with Crippen LogP contribution in [-0.2, 0) is 19.3 Å². The lowest BCUT2D eigenvalue weighted by Crippen LogP contribution is -2.39. The molecule has 6 heteroatoms. The minimum absolute atomic E-state index is 0.117. The molecule has 0 aromatic heterocycles. The highest BCUT2D eigenvalue weighted by Crippen LogP contribution is 2.40. The average Bonchev–Trinajstić information content (AvgIpc) is 3.14. The first-order valence-corrected chi connectivity index (χ1v) is 8.25. The molecule has 0 radical (unpaired) electrons. The van der Waals surface area contributed by atoms with Gasteiger partial charge in [0.25, 0.3) is 0 Å². The summed E-state index contributed by atoms with van der Waals surface area (Å²) in [5, 5.41) is 5.78. The van der Waals surface area contributed by atoms with Crippen LogP contribution in [0, 0.1) is 0 Å². The predicted octanol–water partition coefficient (Wildman–Crippen LogP) is 0.960. The molecule has 3 rings (SSSR count). The van der Waals surface area contributed by atoms with Gasteiger partial charge in [-0.15, -0.1) is 0 Å². The van der Waals surface area contributed by atoms with Crippen LogP contribution in [0.15, 0.2) is 6.07 Å². The summed E-state index contributed by atoms with van der Waals surface area (Å²) in [7, 11) is 3.97. The minimum atomic E-state index is -0.117. The van der Waals surface area contributed by atoms with E-state index in [-0.39, 0.29) is 6.03 Å². The summed E-state index contributed by atoms with van der Waals surface area (Å²) in [6.45, 7) is 3.55. The van der Waals surface area contributed by atoms with Crippen molar-refractivity contribution >= 4 is 6.03 Å². The van der Waals surface area contributed by atoms with E-state index in [1.54, 1.807) is 0 Å². The predicted molar refractivity (Wildman–Crippen MR) is 88.5 cm³/mol.